The molecule has 144 valence electrons. The molecular formula is C24H26N2OS. The molecule has 2 N–H and O–H groups in total. The average Bonchev–Trinajstić information content (AvgIpc) is 2.67. The van der Waals surface area contributed by atoms with E-state index in [1.165, 1.54) is 22.3 Å². The van der Waals surface area contributed by atoms with Crippen molar-refractivity contribution in [3.8, 4) is 0 Å². The summed E-state index contributed by atoms with van der Waals surface area (Å²) in [5.41, 5.74) is 6.98. The van der Waals surface area contributed by atoms with Gasteiger partial charge in [-0.2, -0.15) is 0 Å². The summed E-state index contributed by atoms with van der Waals surface area (Å²) >= 11 is 5.41. The van der Waals surface area contributed by atoms with Crippen molar-refractivity contribution in [3.05, 3.63) is 101 Å². The van der Waals surface area contributed by atoms with E-state index in [0.29, 0.717) is 24.9 Å². The third-order valence-corrected chi connectivity index (χ3v) is 4.58. The molecule has 0 radical (unpaired) electrons. The van der Waals surface area contributed by atoms with Crippen LogP contribution in [0.1, 0.15) is 27.8 Å². The van der Waals surface area contributed by atoms with Gasteiger partial charge < -0.3 is 15.4 Å². The number of rotatable bonds is 7. The fourth-order valence-electron chi connectivity index (χ4n) is 3.02. The topological polar surface area (TPSA) is 33.3 Å². The zero-order valence-corrected chi connectivity index (χ0v) is 17.2. The van der Waals surface area contributed by atoms with Crippen LogP contribution in [0, 0.1) is 13.8 Å². The van der Waals surface area contributed by atoms with Gasteiger partial charge in [-0.3, -0.25) is 0 Å². The number of hydrogen-bond acceptors (Lipinski definition) is 2. The maximum absolute atomic E-state index is 5.78. The van der Waals surface area contributed by atoms with Crippen LogP contribution >= 0.6 is 12.2 Å². The zero-order valence-electron chi connectivity index (χ0n) is 16.4. The van der Waals surface area contributed by atoms with Crippen molar-refractivity contribution in [2.45, 2.75) is 33.6 Å². The van der Waals surface area contributed by atoms with Crippen LogP contribution in [0.25, 0.3) is 0 Å². The zero-order chi connectivity index (χ0) is 19.8. The highest BCUT2D eigenvalue weighted by molar-refractivity contribution is 7.80. The van der Waals surface area contributed by atoms with E-state index in [1.54, 1.807) is 0 Å². The van der Waals surface area contributed by atoms with Gasteiger partial charge in [-0.05, 0) is 66.0 Å². The summed E-state index contributed by atoms with van der Waals surface area (Å²) in [4.78, 5) is 0. The summed E-state index contributed by atoms with van der Waals surface area (Å²) in [6, 6.07) is 24.9. The number of ether oxygens (including phenoxy) is 1. The minimum Gasteiger partial charge on any atom is -0.372 e. The van der Waals surface area contributed by atoms with E-state index < -0.39 is 0 Å². The summed E-state index contributed by atoms with van der Waals surface area (Å²) in [6.07, 6.45) is 0. The van der Waals surface area contributed by atoms with Gasteiger partial charge in [0.1, 0.15) is 0 Å². The molecule has 0 unspecified atom stereocenters. The molecule has 0 aliphatic rings. The lowest BCUT2D eigenvalue weighted by Gasteiger charge is -2.12. The standard InChI is InChI=1S/C24H26N2OS/c1-18-12-19(2)14-23(13-18)26-24(28)25-15-20-8-10-22(11-9-20)17-27-16-21-6-4-3-5-7-21/h3-14H,15-17H2,1-2H3,(H2,25,26,28). The van der Waals surface area contributed by atoms with Crippen molar-refractivity contribution in [3.63, 3.8) is 0 Å². The number of nitrogens with one attached hydrogen (secondary N) is 2. The first kappa shape index (κ1) is 20.1. The Morgan fingerprint density at radius 3 is 2.00 bits per heavy atom. The summed E-state index contributed by atoms with van der Waals surface area (Å²) in [6.45, 7) is 6.08. The van der Waals surface area contributed by atoms with Crippen LogP contribution in [-0.4, -0.2) is 5.11 Å². The van der Waals surface area contributed by atoms with Gasteiger partial charge in [-0.15, -0.1) is 0 Å². The Labute approximate surface area is 172 Å². The second kappa shape index (κ2) is 10.0. The maximum Gasteiger partial charge on any atom is 0.171 e. The molecule has 3 nitrogen and oxygen atoms in total. The van der Waals surface area contributed by atoms with Crippen LogP contribution in [-0.2, 0) is 24.5 Å². The molecule has 3 rings (SSSR count). The van der Waals surface area contributed by atoms with Gasteiger partial charge in [0, 0.05) is 12.2 Å². The molecule has 3 aromatic carbocycles. The second-order valence-electron chi connectivity index (χ2n) is 6.98. The summed E-state index contributed by atoms with van der Waals surface area (Å²) in [5, 5.41) is 7.13. The van der Waals surface area contributed by atoms with Crippen LogP contribution in [0.15, 0.2) is 72.8 Å². The van der Waals surface area contributed by atoms with Crippen molar-refractivity contribution in [1.82, 2.24) is 5.32 Å². The van der Waals surface area contributed by atoms with Gasteiger partial charge in [0.25, 0.3) is 0 Å². The third kappa shape index (κ3) is 6.48. The normalized spacial score (nSPS) is 10.5. The van der Waals surface area contributed by atoms with Crippen LogP contribution in [0.2, 0.25) is 0 Å². The number of hydrogen-bond donors (Lipinski definition) is 2. The van der Waals surface area contributed by atoms with Crippen molar-refractivity contribution in [2.75, 3.05) is 5.32 Å². The van der Waals surface area contributed by atoms with Crippen LogP contribution in [0.3, 0.4) is 0 Å². The van der Waals surface area contributed by atoms with E-state index in [4.69, 9.17) is 17.0 Å². The van der Waals surface area contributed by atoms with Crippen molar-refractivity contribution in [1.29, 1.82) is 0 Å². The molecule has 0 aliphatic heterocycles. The first-order chi connectivity index (χ1) is 13.6. The van der Waals surface area contributed by atoms with Gasteiger partial charge >= 0.3 is 0 Å². The highest BCUT2D eigenvalue weighted by Crippen LogP contribution is 2.14. The quantitative estimate of drug-likeness (QED) is 0.522. The average molecular weight is 391 g/mol. The molecule has 28 heavy (non-hydrogen) atoms. The Bertz CT molecular complexity index is 887. The Kier molecular flexibility index (Phi) is 7.18. The predicted octanol–water partition coefficient (Wildman–Crippen LogP) is 5.51. The van der Waals surface area contributed by atoms with E-state index in [9.17, 15) is 0 Å². The van der Waals surface area contributed by atoms with Gasteiger partial charge in [0.15, 0.2) is 5.11 Å². The molecule has 0 heterocycles. The first-order valence-electron chi connectivity index (χ1n) is 9.41. The van der Waals surface area contributed by atoms with Gasteiger partial charge in [-0.25, -0.2) is 0 Å². The highest BCUT2D eigenvalue weighted by Gasteiger charge is 2.01. The highest BCUT2D eigenvalue weighted by atomic mass is 32.1. The van der Waals surface area contributed by atoms with Gasteiger partial charge in [-0.1, -0.05) is 60.7 Å². The lowest BCUT2D eigenvalue weighted by atomic mass is 10.1. The molecule has 4 heteroatoms. The molecule has 0 aliphatic carbocycles. The molecule has 0 spiro atoms. The molecule has 0 saturated heterocycles. The lowest BCUT2D eigenvalue weighted by molar-refractivity contribution is 0.107. The van der Waals surface area contributed by atoms with E-state index in [2.05, 4.69) is 79.1 Å². The molecule has 3 aromatic rings. The number of benzene rings is 3. The molecule has 0 fully saturated rings. The fourth-order valence-corrected chi connectivity index (χ4v) is 3.21. The van der Waals surface area contributed by atoms with Crippen LogP contribution in [0.5, 0.6) is 0 Å². The Hall–Kier alpha value is -2.69. The SMILES string of the molecule is Cc1cc(C)cc(NC(=S)NCc2ccc(COCc3ccccc3)cc2)c1. The predicted molar refractivity (Wildman–Crippen MR) is 120 cm³/mol. The Morgan fingerprint density at radius 1 is 0.786 bits per heavy atom. The number of anilines is 1. The van der Waals surface area contributed by atoms with Crippen molar-refractivity contribution in [2.24, 2.45) is 0 Å². The van der Waals surface area contributed by atoms with E-state index in [0.717, 1.165) is 11.3 Å². The van der Waals surface area contributed by atoms with Gasteiger partial charge in [0.2, 0.25) is 0 Å². The first-order valence-corrected chi connectivity index (χ1v) is 9.82. The minimum atomic E-state index is 0.606. The monoisotopic (exact) mass is 390 g/mol. The van der Waals surface area contributed by atoms with E-state index in [1.807, 2.05) is 18.2 Å². The summed E-state index contributed by atoms with van der Waals surface area (Å²) < 4.78 is 5.78. The molecule has 0 bridgehead atoms. The Balaban J connectivity index is 1.43. The molecule has 0 amide bonds. The molecule has 0 aromatic heterocycles. The molecule has 0 atom stereocenters. The van der Waals surface area contributed by atoms with E-state index in [-0.39, 0.29) is 0 Å². The third-order valence-electron chi connectivity index (χ3n) is 4.34. The van der Waals surface area contributed by atoms with E-state index >= 15 is 0 Å². The summed E-state index contributed by atoms with van der Waals surface area (Å²) in [5.74, 6) is 0. The largest absolute Gasteiger partial charge is 0.372 e. The van der Waals surface area contributed by atoms with Crippen molar-refractivity contribution >= 4 is 23.0 Å². The minimum absolute atomic E-state index is 0.606. The number of thiocarbonyl (C=S) groups is 1. The maximum atomic E-state index is 5.78. The fraction of sp³-hybridized carbons (Fsp3) is 0.208. The molecular weight excluding hydrogens is 364 g/mol. The van der Waals surface area contributed by atoms with Crippen molar-refractivity contribution < 1.29 is 4.74 Å². The summed E-state index contributed by atoms with van der Waals surface area (Å²) in [7, 11) is 0. The smallest absolute Gasteiger partial charge is 0.171 e. The molecule has 0 saturated carbocycles. The van der Waals surface area contributed by atoms with Crippen LogP contribution in [0.4, 0.5) is 5.69 Å². The Morgan fingerprint density at radius 2 is 1.36 bits per heavy atom. The number of aryl methyl sites for hydroxylation is 2. The second-order valence-corrected chi connectivity index (χ2v) is 7.39. The van der Waals surface area contributed by atoms with Crippen LogP contribution < -0.4 is 10.6 Å². The lowest BCUT2D eigenvalue weighted by Crippen LogP contribution is -2.27. The van der Waals surface area contributed by atoms with Gasteiger partial charge in [0.05, 0.1) is 13.2 Å².